The number of aromatic nitrogens is 4. The molecule has 0 bridgehead atoms. The second-order valence-electron chi connectivity index (χ2n) is 6.85. The van der Waals surface area contributed by atoms with Crippen molar-refractivity contribution in [1.29, 1.82) is 0 Å². The molecule has 4 heterocycles. The fraction of sp³-hybridized carbons (Fsp3) is 0.190. The lowest BCUT2D eigenvalue weighted by Gasteiger charge is -2.10. The first-order valence-corrected chi connectivity index (χ1v) is 10.00. The van der Waals surface area contributed by atoms with Crippen molar-refractivity contribution in [3.63, 3.8) is 0 Å². The Labute approximate surface area is 165 Å². The lowest BCUT2D eigenvalue weighted by molar-refractivity contribution is 0.644. The molecule has 0 saturated heterocycles. The van der Waals surface area contributed by atoms with Gasteiger partial charge in [-0.3, -0.25) is 4.79 Å². The maximum absolute atomic E-state index is 13.1. The van der Waals surface area contributed by atoms with Crippen LogP contribution in [0.2, 0.25) is 0 Å². The smallest absolute Gasteiger partial charge is 0.291 e. The third kappa shape index (κ3) is 2.84. The molecule has 1 N–H and O–H groups in total. The number of rotatable bonds is 4. The van der Waals surface area contributed by atoms with E-state index < -0.39 is 0 Å². The van der Waals surface area contributed by atoms with Gasteiger partial charge < -0.3 is 9.88 Å². The van der Waals surface area contributed by atoms with Crippen LogP contribution in [0.3, 0.4) is 0 Å². The zero-order valence-corrected chi connectivity index (χ0v) is 16.2. The molecular formula is C21H19N5OS. The SMILES string of the molecule is Cn1c2nc(CC3=CC=CCN3)sc2c2cnn(Cc3ccccc3)c(=O)c21. The molecule has 0 atom stereocenters. The number of thiazole rings is 1. The first kappa shape index (κ1) is 16.9. The minimum absolute atomic E-state index is 0.0857. The fourth-order valence-electron chi connectivity index (χ4n) is 3.56. The molecule has 0 spiro atoms. The van der Waals surface area contributed by atoms with Crippen molar-refractivity contribution in [2.24, 2.45) is 7.05 Å². The number of fused-ring (bicyclic) bond motifs is 3. The highest BCUT2D eigenvalue weighted by Crippen LogP contribution is 2.31. The average molecular weight is 389 g/mol. The number of nitrogens with one attached hydrogen (secondary N) is 1. The Bertz CT molecular complexity index is 1290. The van der Waals surface area contributed by atoms with Crippen LogP contribution in [0, 0.1) is 0 Å². The summed E-state index contributed by atoms with van der Waals surface area (Å²) in [6, 6.07) is 9.90. The fourth-order valence-corrected chi connectivity index (χ4v) is 4.69. The summed E-state index contributed by atoms with van der Waals surface area (Å²) < 4.78 is 4.44. The molecule has 1 aromatic carbocycles. The summed E-state index contributed by atoms with van der Waals surface area (Å²) in [5.74, 6) is 0. The van der Waals surface area contributed by atoms with Crippen molar-refractivity contribution >= 4 is 32.6 Å². The van der Waals surface area contributed by atoms with E-state index in [1.54, 1.807) is 17.5 Å². The molecule has 6 nitrogen and oxygen atoms in total. The zero-order chi connectivity index (χ0) is 19.1. The summed E-state index contributed by atoms with van der Waals surface area (Å²) in [5.41, 5.74) is 3.63. The lowest BCUT2D eigenvalue weighted by atomic mass is 10.2. The van der Waals surface area contributed by atoms with Gasteiger partial charge in [-0.2, -0.15) is 5.10 Å². The Morgan fingerprint density at radius 1 is 1.25 bits per heavy atom. The largest absolute Gasteiger partial charge is 0.385 e. The highest BCUT2D eigenvalue weighted by atomic mass is 32.1. The van der Waals surface area contributed by atoms with E-state index in [0.29, 0.717) is 12.1 Å². The summed E-state index contributed by atoms with van der Waals surface area (Å²) in [5, 5.41) is 9.70. The van der Waals surface area contributed by atoms with E-state index in [9.17, 15) is 4.79 Å². The topological polar surface area (TPSA) is 64.7 Å². The minimum atomic E-state index is -0.0857. The highest BCUT2D eigenvalue weighted by Gasteiger charge is 2.18. The van der Waals surface area contributed by atoms with Crippen LogP contribution in [0.25, 0.3) is 21.3 Å². The van der Waals surface area contributed by atoms with Crippen LogP contribution in [0.4, 0.5) is 0 Å². The van der Waals surface area contributed by atoms with Crippen molar-refractivity contribution in [2.45, 2.75) is 13.0 Å². The average Bonchev–Trinajstić information content (AvgIpc) is 3.24. The maximum Gasteiger partial charge on any atom is 0.291 e. The number of benzene rings is 1. The summed E-state index contributed by atoms with van der Waals surface area (Å²) in [4.78, 5) is 17.9. The Kier molecular flexibility index (Phi) is 4.09. The Hall–Kier alpha value is -3.19. The molecule has 0 saturated carbocycles. The summed E-state index contributed by atoms with van der Waals surface area (Å²) in [7, 11) is 1.91. The van der Waals surface area contributed by atoms with Crippen molar-refractivity contribution in [3.05, 3.63) is 81.4 Å². The molecule has 3 aromatic heterocycles. The molecule has 0 amide bonds. The number of hydrogen-bond acceptors (Lipinski definition) is 5. The van der Waals surface area contributed by atoms with Gasteiger partial charge in [-0.05, 0) is 11.6 Å². The second kappa shape index (κ2) is 6.76. The summed E-state index contributed by atoms with van der Waals surface area (Å²) >= 11 is 1.63. The molecule has 1 aliphatic heterocycles. The molecule has 1 aliphatic rings. The predicted molar refractivity (Wildman–Crippen MR) is 113 cm³/mol. The zero-order valence-electron chi connectivity index (χ0n) is 15.4. The van der Waals surface area contributed by atoms with Gasteiger partial charge in [0.2, 0.25) is 0 Å². The first-order valence-electron chi connectivity index (χ1n) is 9.18. The van der Waals surface area contributed by atoms with E-state index in [1.165, 1.54) is 4.68 Å². The number of hydrogen-bond donors (Lipinski definition) is 1. The van der Waals surface area contributed by atoms with Crippen LogP contribution >= 0.6 is 11.3 Å². The van der Waals surface area contributed by atoms with Gasteiger partial charge in [0, 0.05) is 31.1 Å². The van der Waals surface area contributed by atoms with Crippen LogP contribution in [0.5, 0.6) is 0 Å². The molecule has 28 heavy (non-hydrogen) atoms. The monoisotopic (exact) mass is 389 g/mol. The Balaban J connectivity index is 1.56. The molecular weight excluding hydrogens is 370 g/mol. The van der Waals surface area contributed by atoms with E-state index in [-0.39, 0.29) is 5.56 Å². The van der Waals surface area contributed by atoms with Gasteiger partial charge in [0.1, 0.15) is 10.5 Å². The van der Waals surface area contributed by atoms with Crippen molar-refractivity contribution < 1.29 is 0 Å². The highest BCUT2D eigenvalue weighted by molar-refractivity contribution is 7.19. The van der Waals surface area contributed by atoms with Crippen LogP contribution < -0.4 is 10.9 Å². The standard InChI is InChI=1S/C21H19N5OS/c1-25-18-16(12-23-26(21(18)27)13-14-7-3-2-4-8-14)19-20(25)24-17(28-19)11-15-9-5-6-10-22-15/h2-9,12,22H,10-11,13H2,1H3. The maximum atomic E-state index is 13.1. The van der Waals surface area contributed by atoms with E-state index in [0.717, 1.165) is 45.0 Å². The van der Waals surface area contributed by atoms with Gasteiger partial charge in [-0.25, -0.2) is 9.67 Å². The Morgan fingerprint density at radius 3 is 2.89 bits per heavy atom. The van der Waals surface area contributed by atoms with E-state index in [2.05, 4.69) is 28.6 Å². The number of allylic oxidation sites excluding steroid dienone is 3. The molecule has 7 heteroatoms. The molecule has 0 fully saturated rings. The van der Waals surface area contributed by atoms with Gasteiger partial charge in [-0.15, -0.1) is 11.3 Å². The molecule has 4 aromatic rings. The van der Waals surface area contributed by atoms with Crippen molar-refractivity contribution in [2.75, 3.05) is 6.54 Å². The third-order valence-electron chi connectivity index (χ3n) is 4.97. The minimum Gasteiger partial charge on any atom is -0.385 e. The molecule has 5 rings (SSSR count). The number of aryl methyl sites for hydroxylation is 1. The summed E-state index contributed by atoms with van der Waals surface area (Å²) in [6.45, 7) is 1.31. The van der Waals surface area contributed by atoms with Crippen molar-refractivity contribution in [3.8, 4) is 0 Å². The summed E-state index contributed by atoms with van der Waals surface area (Å²) in [6.07, 6.45) is 8.79. The molecule has 0 aliphatic carbocycles. The second-order valence-corrected chi connectivity index (χ2v) is 7.94. The van der Waals surface area contributed by atoms with Gasteiger partial charge in [0.15, 0.2) is 5.65 Å². The normalized spacial score (nSPS) is 13.8. The van der Waals surface area contributed by atoms with Gasteiger partial charge >= 0.3 is 0 Å². The van der Waals surface area contributed by atoms with Gasteiger partial charge in [-0.1, -0.05) is 42.5 Å². The van der Waals surface area contributed by atoms with Gasteiger partial charge in [0.25, 0.3) is 5.56 Å². The van der Waals surface area contributed by atoms with Crippen LogP contribution in [-0.4, -0.2) is 25.9 Å². The van der Waals surface area contributed by atoms with Gasteiger partial charge in [0.05, 0.1) is 17.4 Å². The lowest BCUT2D eigenvalue weighted by Crippen LogP contribution is -2.24. The number of nitrogens with zero attached hydrogens (tertiary/aromatic N) is 4. The van der Waals surface area contributed by atoms with E-state index >= 15 is 0 Å². The quantitative estimate of drug-likeness (QED) is 0.583. The van der Waals surface area contributed by atoms with Crippen LogP contribution in [0.15, 0.2) is 65.2 Å². The van der Waals surface area contributed by atoms with E-state index in [4.69, 9.17) is 4.98 Å². The van der Waals surface area contributed by atoms with Crippen molar-refractivity contribution in [1.82, 2.24) is 24.6 Å². The Morgan fingerprint density at radius 2 is 2.11 bits per heavy atom. The van der Waals surface area contributed by atoms with E-state index in [1.807, 2.05) is 41.9 Å². The molecule has 0 radical (unpaired) electrons. The third-order valence-corrected chi connectivity index (χ3v) is 6.04. The molecule has 140 valence electrons. The molecule has 0 unspecified atom stereocenters. The predicted octanol–water partition coefficient (Wildman–Crippen LogP) is 2.98. The van der Waals surface area contributed by atoms with Crippen LogP contribution in [-0.2, 0) is 20.0 Å². The number of dihydropyridines is 1. The van der Waals surface area contributed by atoms with Crippen LogP contribution in [0.1, 0.15) is 10.6 Å². The first-order chi connectivity index (χ1) is 13.7.